The Morgan fingerprint density at radius 3 is 3.00 bits per heavy atom. The number of hydrogen-bond acceptors (Lipinski definition) is 3. The van der Waals surface area contributed by atoms with E-state index < -0.39 is 0 Å². The molecule has 3 rings (SSSR count). The molecular formula is C17H24N2OS. The van der Waals surface area contributed by atoms with Crippen LogP contribution in [0, 0.1) is 0 Å². The molecule has 0 bridgehead atoms. The molecule has 2 heterocycles. The van der Waals surface area contributed by atoms with Gasteiger partial charge >= 0.3 is 0 Å². The van der Waals surface area contributed by atoms with Crippen molar-refractivity contribution in [3.8, 4) is 0 Å². The van der Waals surface area contributed by atoms with Gasteiger partial charge in [-0.15, -0.1) is 0 Å². The van der Waals surface area contributed by atoms with Crippen molar-refractivity contribution in [3.05, 3.63) is 30.1 Å². The monoisotopic (exact) mass is 304 g/mol. The van der Waals surface area contributed by atoms with Gasteiger partial charge in [0.25, 0.3) is 0 Å². The second-order valence-electron chi connectivity index (χ2n) is 5.84. The fourth-order valence-electron chi connectivity index (χ4n) is 3.14. The fourth-order valence-corrected chi connectivity index (χ4v) is 4.47. The van der Waals surface area contributed by atoms with Crippen LogP contribution in [-0.4, -0.2) is 31.8 Å². The van der Waals surface area contributed by atoms with Crippen LogP contribution in [0.3, 0.4) is 0 Å². The first-order chi connectivity index (χ1) is 10.3. The summed E-state index contributed by atoms with van der Waals surface area (Å²) in [6, 6.07) is 8.28. The topological polar surface area (TPSA) is 38.0 Å². The van der Waals surface area contributed by atoms with Gasteiger partial charge in [0, 0.05) is 18.2 Å². The van der Waals surface area contributed by atoms with Crippen LogP contribution < -0.4 is 0 Å². The summed E-state index contributed by atoms with van der Waals surface area (Å²) in [6.45, 7) is 3.16. The number of para-hydroxylation sites is 2. The number of fused-ring (bicyclic) bond motifs is 1. The van der Waals surface area contributed by atoms with Gasteiger partial charge in [0.1, 0.15) is 5.82 Å². The highest BCUT2D eigenvalue weighted by Gasteiger charge is 2.24. The maximum atomic E-state index is 10.6. The third-order valence-electron chi connectivity index (χ3n) is 4.22. The van der Waals surface area contributed by atoms with Gasteiger partial charge in [-0.1, -0.05) is 25.5 Å². The SMILES string of the molecule is CCCn1c(CC(O)C2CCCCS2)nc2ccccc21. The summed E-state index contributed by atoms with van der Waals surface area (Å²) in [5.74, 6) is 2.23. The largest absolute Gasteiger partial charge is 0.392 e. The lowest BCUT2D eigenvalue weighted by Gasteiger charge is -2.26. The number of hydrogen-bond donors (Lipinski definition) is 1. The molecular weight excluding hydrogens is 280 g/mol. The molecule has 0 spiro atoms. The molecule has 1 N–H and O–H groups in total. The first kappa shape index (κ1) is 14.9. The number of aryl methyl sites for hydroxylation is 1. The van der Waals surface area contributed by atoms with Crippen molar-refractivity contribution in [2.45, 2.75) is 56.9 Å². The van der Waals surface area contributed by atoms with Gasteiger partial charge < -0.3 is 9.67 Å². The number of nitrogens with zero attached hydrogens (tertiary/aromatic N) is 2. The molecule has 1 saturated heterocycles. The summed E-state index contributed by atoms with van der Waals surface area (Å²) in [6.07, 6.45) is 5.17. The van der Waals surface area contributed by atoms with Crippen LogP contribution in [0.5, 0.6) is 0 Å². The van der Waals surface area contributed by atoms with Crippen molar-refractivity contribution in [1.29, 1.82) is 0 Å². The number of benzene rings is 1. The van der Waals surface area contributed by atoms with Crippen LogP contribution in [0.15, 0.2) is 24.3 Å². The summed E-state index contributed by atoms with van der Waals surface area (Å²) in [5.41, 5.74) is 2.24. The van der Waals surface area contributed by atoms with E-state index in [4.69, 9.17) is 4.98 Å². The Kier molecular flexibility index (Phi) is 4.86. The molecule has 3 nitrogen and oxygen atoms in total. The summed E-state index contributed by atoms with van der Waals surface area (Å²) in [7, 11) is 0. The maximum Gasteiger partial charge on any atom is 0.112 e. The average Bonchev–Trinajstić information content (AvgIpc) is 2.86. The second kappa shape index (κ2) is 6.84. The zero-order valence-electron chi connectivity index (χ0n) is 12.7. The second-order valence-corrected chi connectivity index (χ2v) is 7.19. The van der Waals surface area contributed by atoms with Gasteiger partial charge in [-0.25, -0.2) is 4.98 Å². The van der Waals surface area contributed by atoms with Gasteiger partial charge in [-0.2, -0.15) is 11.8 Å². The molecule has 2 aromatic rings. The van der Waals surface area contributed by atoms with E-state index in [0.29, 0.717) is 11.7 Å². The Balaban J connectivity index is 1.83. The minimum atomic E-state index is -0.275. The van der Waals surface area contributed by atoms with Gasteiger partial charge in [-0.05, 0) is 37.1 Å². The first-order valence-electron chi connectivity index (χ1n) is 8.03. The quantitative estimate of drug-likeness (QED) is 0.916. The molecule has 0 saturated carbocycles. The predicted octanol–water partition coefficient (Wildman–Crippen LogP) is 3.64. The maximum absolute atomic E-state index is 10.6. The van der Waals surface area contributed by atoms with Gasteiger partial charge in [0.05, 0.1) is 17.1 Å². The van der Waals surface area contributed by atoms with Crippen LogP contribution in [0.1, 0.15) is 38.4 Å². The first-order valence-corrected chi connectivity index (χ1v) is 9.08. The van der Waals surface area contributed by atoms with Crippen LogP contribution in [0.2, 0.25) is 0 Å². The Bertz CT molecular complexity index is 589. The average molecular weight is 304 g/mol. The standard InChI is InChI=1S/C17H24N2OS/c1-2-10-19-14-8-4-3-7-13(14)18-17(19)12-15(20)16-9-5-6-11-21-16/h3-4,7-8,15-16,20H,2,5-6,9-12H2,1H3. The molecule has 0 aliphatic carbocycles. The minimum Gasteiger partial charge on any atom is -0.392 e. The molecule has 114 valence electrons. The molecule has 0 radical (unpaired) electrons. The molecule has 1 aromatic carbocycles. The van der Waals surface area contributed by atoms with E-state index in [9.17, 15) is 5.11 Å². The number of aliphatic hydroxyl groups is 1. The normalized spacial score (nSPS) is 20.8. The van der Waals surface area contributed by atoms with E-state index in [2.05, 4.69) is 29.7 Å². The number of thioether (sulfide) groups is 1. The molecule has 2 unspecified atom stereocenters. The molecule has 1 aromatic heterocycles. The van der Waals surface area contributed by atoms with Crippen LogP contribution in [0.4, 0.5) is 0 Å². The van der Waals surface area contributed by atoms with Crippen molar-refractivity contribution >= 4 is 22.8 Å². The van der Waals surface area contributed by atoms with Gasteiger partial charge in [0.2, 0.25) is 0 Å². The van der Waals surface area contributed by atoms with E-state index in [1.807, 2.05) is 17.8 Å². The van der Waals surface area contributed by atoms with Crippen molar-refractivity contribution < 1.29 is 5.11 Å². The Morgan fingerprint density at radius 1 is 1.38 bits per heavy atom. The molecule has 1 aliphatic rings. The molecule has 1 aliphatic heterocycles. The highest BCUT2D eigenvalue weighted by Crippen LogP contribution is 2.29. The number of rotatable bonds is 5. The number of aliphatic hydroxyl groups excluding tert-OH is 1. The van der Waals surface area contributed by atoms with Gasteiger partial charge in [0.15, 0.2) is 0 Å². The van der Waals surface area contributed by atoms with Gasteiger partial charge in [-0.3, -0.25) is 0 Å². The highest BCUT2D eigenvalue weighted by atomic mass is 32.2. The zero-order chi connectivity index (χ0) is 14.7. The summed E-state index contributed by atoms with van der Waals surface area (Å²) in [5, 5.41) is 11.0. The van der Waals surface area contributed by atoms with Crippen molar-refractivity contribution in [3.63, 3.8) is 0 Å². The van der Waals surface area contributed by atoms with E-state index in [-0.39, 0.29) is 6.10 Å². The third kappa shape index (κ3) is 3.27. The molecule has 4 heteroatoms. The van der Waals surface area contributed by atoms with E-state index in [0.717, 1.165) is 30.7 Å². The number of imidazole rings is 1. The Morgan fingerprint density at radius 2 is 2.24 bits per heavy atom. The van der Waals surface area contributed by atoms with Crippen LogP contribution in [0.25, 0.3) is 11.0 Å². The molecule has 0 amide bonds. The lowest BCUT2D eigenvalue weighted by atomic mass is 10.1. The predicted molar refractivity (Wildman–Crippen MR) is 89.8 cm³/mol. The van der Waals surface area contributed by atoms with Crippen LogP contribution in [-0.2, 0) is 13.0 Å². The fraction of sp³-hybridized carbons (Fsp3) is 0.588. The van der Waals surface area contributed by atoms with E-state index in [1.54, 1.807) is 0 Å². The Hall–Kier alpha value is -1.00. The third-order valence-corrected chi connectivity index (χ3v) is 5.72. The summed E-state index contributed by atoms with van der Waals surface area (Å²) >= 11 is 1.93. The van der Waals surface area contributed by atoms with Crippen molar-refractivity contribution in [2.24, 2.45) is 0 Å². The smallest absolute Gasteiger partial charge is 0.112 e. The minimum absolute atomic E-state index is 0.275. The number of aromatic nitrogens is 2. The molecule has 2 atom stereocenters. The lowest BCUT2D eigenvalue weighted by molar-refractivity contribution is 0.162. The van der Waals surface area contributed by atoms with Crippen LogP contribution >= 0.6 is 11.8 Å². The molecule has 21 heavy (non-hydrogen) atoms. The Labute approximate surface area is 130 Å². The lowest BCUT2D eigenvalue weighted by Crippen LogP contribution is -2.29. The summed E-state index contributed by atoms with van der Waals surface area (Å²) in [4.78, 5) is 4.76. The van der Waals surface area contributed by atoms with Crippen molar-refractivity contribution in [1.82, 2.24) is 9.55 Å². The van der Waals surface area contributed by atoms with Crippen molar-refractivity contribution in [2.75, 3.05) is 5.75 Å². The highest BCUT2D eigenvalue weighted by molar-refractivity contribution is 8.00. The van der Waals surface area contributed by atoms with E-state index in [1.165, 1.54) is 24.1 Å². The summed E-state index contributed by atoms with van der Waals surface area (Å²) < 4.78 is 2.28. The molecule has 1 fully saturated rings. The zero-order valence-corrected chi connectivity index (χ0v) is 13.5. The van der Waals surface area contributed by atoms with E-state index >= 15 is 0 Å².